The van der Waals surface area contributed by atoms with Crippen LogP contribution in [0.1, 0.15) is 41.0 Å². The summed E-state index contributed by atoms with van der Waals surface area (Å²) >= 11 is 0. The van der Waals surface area contributed by atoms with Gasteiger partial charge >= 0.3 is 5.97 Å². The lowest BCUT2D eigenvalue weighted by molar-refractivity contribution is -0.125. The first-order chi connectivity index (χ1) is 14.7. The van der Waals surface area contributed by atoms with Crippen LogP contribution >= 0.6 is 0 Å². The number of cyclic esters (lactones) is 1. The van der Waals surface area contributed by atoms with E-state index in [-0.39, 0.29) is 5.91 Å². The van der Waals surface area contributed by atoms with E-state index in [1.165, 1.54) is 6.42 Å². The molecule has 1 unspecified atom stereocenters. The van der Waals surface area contributed by atoms with E-state index >= 15 is 0 Å². The van der Waals surface area contributed by atoms with Crippen molar-refractivity contribution in [1.82, 2.24) is 14.8 Å². The number of anilines is 1. The first-order valence-electron chi connectivity index (χ1n) is 10.3. The van der Waals surface area contributed by atoms with E-state index in [0.717, 1.165) is 48.6 Å². The minimum absolute atomic E-state index is 0.338. The normalized spacial score (nSPS) is 18.0. The fraction of sp³-hybridized carbons (Fsp3) is 0.304. The van der Waals surface area contributed by atoms with Crippen LogP contribution in [0, 0.1) is 0 Å². The molecule has 0 radical (unpaired) electrons. The molecule has 0 saturated heterocycles. The van der Waals surface area contributed by atoms with Gasteiger partial charge in [-0.3, -0.25) is 4.79 Å². The molecular formula is C23H22N4O3. The molecule has 2 aliphatic heterocycles. The van der Waals surface area contributed by atoms with Crippen molar-refractivity contribution in [1.29, 1.82) is 0 Å². The third kappa shape index (κ3) is 3.47. The Kier molecular flexibility index (Phi) is 4.78. The number of hydrogen-bond donors (Lipinski definition) is 1. The second kappa shape index (κ2) is 7.74. The maximum Gasteiger partial charge on any atom is 0.339 e. The molecule has 152 valence electrons. The maximum absolute atomic E-state index is 12.8. The molecule has 1 N–H and O–H groups in total. The summed E-state index contributed by atoms with van der Waals surface area (Å²) in [4.78, 5) is 25.0. The van der Waals surface area contributed by atoms with Crippen LogP contribution in [0.4, 0.5) is 5.69 Å². The summed E-state index contributed by atoms with van der Waals surface area (Å²) in [6.07, 6.45) is 3.91. The quantitative estimate of drug-likeness (QED) is 0.679. The molecule has 0 aliphatic carbocycles. The Morgan fingerprint density at radius 1 is 1.07 bits per heavy atom. The van der Waals surface area contributed by atoms with Crippen molar-refractivity contribution in [3.05, 3.63) is 65.5 Å². The number of aryl methyl sites for hydroxylation is 1. The Morgan fingerprint density at radius 2 is 1.97 bits per heavy atom. The number of rotatable bonds is 3. The number of carbonyl (C=O) groups excluding carboxylic acids is 2. The van der Waals surface area contributed by atoms with Gasteiger partial charge in [0.25, 0.3) is 5.91 Å². The van der Waals surface area contributed by atoms with Crippen LogP contribution in [-0.2, 0) is 28.9 Å². The smallest absolute Gasteiger partial charge is 0.339 e. The first kappa shape index (κ1) is 18.5. The van der Waals surface area contributed by atoms with Gasteiger partial charge < -0.3 is 14.6 Å². The van der Waals surface area contributed by atoms with Crippen molar-refractivity contribution in [3.63, 3.8) is 0 Å². The molecule has 2 aliphatic rings. The van der Waals surface area contributed by atoms with Crippen LogP contribution in [0.15, 0.2) is 48.5 Å². The molecule has 0 spiro atoms. The van der Waals surface area contributed by atoms with Gasteiger partial charge in [0.1, 0.15) is 5.82 Å². The van der Waals surface area contributed by atoms with Gasteiger partial charge in [0, 0.05) is 30.6 Å². The second-order valence-corrected chi connectivity index (χ2v) is 7.73. The topological polar surface area (TPSA) is 86.1 Å². The number of esters is 1. The third-order valence-electron chi connectivity index (χ3n) is 5.68. The molecule has 1 atom stereocenters. The van der Waals surface area contributed by atoms with Gasteiger partial charge in [0.2, 0.25) is 0 Å². The van der Waals surface area contributed by atoms with Gasteiger partial charge in [-0.25, -0.2) is 4.79 Å². The standard InChI is InChI=1S/C23H22N4O3/c28-22(19-14-15-7-3-4-10-18(15)23(29)30-19)24-17-9-6-8-16(13-17)21-26-25-20-11-2-1-5-12-27(20)21/h3-4,6-10,13,19H,1-2,5,11-12,14H2,(H,24,28). The fourth-order valence-corrected chi connectivity index (χ4v) is 4.14. The van der Waals surface area contributed by atoms with E-state index < -0.39 is 12.1 Å². The lowest BCUT2D eigenvalue weighted by atomic mass is 9.98. The largest absolute Gasteiger partial charge is 0.448 e. The van der Waals surface area contributed by atoms with E-state index in [0.29, 0.717) is 17.7 Å². The van der Waals surface area contributed by atoms with Crippen LogP contribution in [0.2, 0.25) is 0 Å². The van der Waals surface area contributed by atoms with Crippen LogP contribution in [0.25, 0.3) is 11.4 Å². The molecule has 1 aromatic heterocycles. The molecule has 2 aromatic carbocycles. The van der Waals surface area contributed by atoms with Gasteiger partial charge in [-0.05, 0) is 36.6 Å². The van der Waals surface area contributed by atoms with E-state index in [9.17, 15) is 9.59 Å². The molecule has 3 heterocycles. The van der Waals surface area contributed by atoms with Gasteiger partial charge in [-0.2, -0.15) is 0 Å². The predicted octanol–water partition coefficient (Wildman–Crippen LogP) is 3.39. The lowest BCUT2D eigenvalue weighted by Crippen LogP contribution is -2.37. The maximum atomic E-state index is 12.8. The molecular weight excluding hydrogens is 380 g/mol. The average molecular weight is 402 g/mol. The number of nitrogens with zero attached hydrogens (tertiary/aromatic N) is 3. The van der Waals surface area contributed by atoms with Crippen molar-refractivity contribution >= 4 is 17.6 Å². The molecule has 7 heteroatoms. The Bertz CT molecular complexity index is 1120. The highest BCUT2D eigenvalue weighted by molar-refractivity contribution is 6.00. The summed E-state index contributed by atoms with van der Waals surface area (Å²) in [6.45, 7) is 0.908. The zero-order valence-electron chi connectivity index (χ0n) is 16.5. The number of carbonyl (C=O) groups is 2. The second-order valence-electron chi connectivity index (χ2n) is 7.73. The minimum Gasteiger partial charge on any atom is -0.448 e. The van der Waals surface area contributed by atoms with Gasteiger partial charge in [0.15, 0.2) is 11.9 Å². The highest BCUT2D eigenvalue weighted by atomic mass is 16.5. The number of benzene rings is 2. The number of ether oxygens (including phenoxy) is 1. The van der Waals surface area contributed by atoms with Crippen LogP contribution in [0.5, 0.6) is 0 Å². The van der Waals surface area contributed by atoms with Crippen LogP contribution < -0.4 is 5.32 Å². The number of amides is 1. The lowest BCUT2D eigenvalue weighted by Gasteiger charge is -2.23. The van der Waals surface area contributed by atoms with E-state index in [1.807, 2.05) is 36.4 Å². The Morgan fingerprint density at radius 3 is 2.90 bits per heavy atom. The van der Waals surface area contributed by atoms with Crippen molar-refractivity contribution in [2.24, 2.45) is 0 Å². The first-order valence-corrected chi connectivity index (χ1v) is 10.3. The Hall–Kier alpha value is -3.48. The summed E-state index contributed by atoms with van der Waals surface area (Å²) in [5.74, 6) is 1.04. The Labute approximate surface area is 174 Å². The zero-order valence-corrected chi connectivity index (χ0v) is 16.5. The molecule has 5 rings (SSSR count). The molecule has 30 heavy (non-hydrogen) atoms. The van der Waals surface area contributed by atoms with Crippen LogP contribution in [0.3, 0.4) is 0 Å². The highest BCUT2D eigenvalue weighted by Gasteiger charge is 2.31. The summed E-state index contributed by atoms with van der Waals surface area (Å²) in [5, 5.41) is 11.6. The number of hydrogen-bond acceptors (Lipinski definition) is 5. The average Bonchev–Trinajstić information content (AvgIpc) is 3.02. The van der Waals surface area contributed by atoms with Crippen molar-refractivity contribution in [2.75, 3.05) is 5.32 Å². The molecule has 3 aromatic rings. The van der Waals surface area contributed by atoms with Gasteiger partial charge in [0.05, 0.1) is 5.56 Å². The number of nitrogens with one attached hydrogen (secondary N) is 1. The van der Waals surface area contributed by atoms with E-state index in [1.54, 1.807) is 12.1 Å². The monoisotopic (exact) mass is 402 g/mol. The summed E-state index contributed by atoms with van der Waals surface area (Å²) < 4.78 is 7.53. The predicted molar refractivity (Wildman–Crippen MR) is 111 cm³/mol. The molecule has 0 saturated carbocycles. The highest BCUT2D eigenvalue weighted by Crippen LogP contribution is 2.26. The SMILES string of the molecule is O=C1OC(C(=O)Nc2cccc(-c3nnc4n3CCCCC4)c2)Cc2ccccc21. The summed E-state index contributed by atoms with van der Waals surface area (Å²) in [5.41, 5.74) is 2.89. The van der Waals surface area contributed by atoms with Gasteiger partial charge in [-0.15, -0.1) is 10.2 Å². The molecule has 7 nitrogen and oxygen atoms in total. The summed E-state index contributed by atoms with van der Waals surface area (Å²) in [6, 6.07) is 14.8. The summed E-state index contributed by atoms with van der Waals surface area (Å²) in [7, 11) is 0. The number of aromatic nitrogens is 3. The van der Waals surface area contributed by atoms with Gasteiger partial charge in [-0.1, -0.05) is 36.8 Å². The van der Waals surface area contributed by atoms with Crippen molar-refractivity contribution < 1.29 is 14.3 Å². The Balaban J connectivity index is 1.35. The molecule has 1 amide bonds. The van der Waals surface area contributed by atoms with Crippen molar-refractivity contribution in [3.8, 4) is 11.4 Å². The van der Waals surface area contributed by atoms with E-state index in [4.69, 9.17) is 4.74 Å². The third-order valence-corrected chi connectivity index (χ3v) is 5.68. The molecule has 0 bridgehead atoms. The van der Waals surface area contributed by atoms with Crippen LogP contribution in [-0.4, -0.2) is 32.7 Å². The van der Waals surface area contributed by atoms with Crippen molar-refractivity contribution in [2.45, 2.75) is 44.8 Å². The van der Waals surface area contributed by atoms with E-state index in [2.05, 4.69) is 20.1 Å². The molecule has 0 fully saturated rings. The zero-order chi connectivity index (χ0) is 20.5. The number of fused-ring (bicyclic) bond motifs is 2. The fourth-order valence-electron chi connectivity index (χ4n) is 4.14. The minimum atomic E-state index is -0.847.